The van der Waals surface area contributed by atoms with Crippen molar-refractivity contribution in [1.82, 2.24) is 15.5 Å². The number of hydrogen-bond acceptors (Lipinski definition) is 6. The van der Waals surface area contributed by atoms with E-state index in [9.17, 15) is 14.4 Å². The van der Waals surface area contributed by atoms with Gasteiger partial charge in [-0.25, -0.2) is 4.79 Å². The minimum atomic E-state index is -1.26. The van der Waals surface area contributed by atoms with Crippen LogP contribution in [0.4, 0.5) is 4.79 Å². The lowest BCUT2D eigenvalue weighted by molar-refractivity contribution is -0.158. The van der Waals surface area contributed by atoms with Gasteiger partial charge in [-0.3, -0.25) is 9.59 Å². The zero-order valence-corrected chi connectivity index (χ0v) is 22.2. The average molecular weight is 496 g/mol. The summed E-state index contributed by atoms with van der Waals surface area (Å²) in [6.07, 6.45) is 4.70. The van der Waals surface area contributed by atoms with E-state index in [1.54, 1.807) is 32.9 Å². The van der Waals surface area contributed by atoms with E-state index in [0.717, 1.165) is 0 Å². The van der Waals surface area contributed by atoms with Gasteiger partial charge in [0.1, 0.15) is 5.60 Å². The van der Waals surface area contributed by atoms with E-state index in [1.807, 2.05) is 0 Å². The number of hydrogen-bond donors (Lipinski definition) is 2. The van der Waals surface area contributed by atoms with E-state index < -0.39 is 17.3 Å². The van der Waals surface area contributed by atoms with E-state index in [2.05, 4.69) is 37.6 Å². The lowest BCUT2D eigenvalue weighted by Gasteiger charge is -2.41. The Morgan fingerprint density at radius 1 is 1.20 bits per heavy atom. The first-order valence-electron chi connectivity index (χ1n) is 12.4. The normalized spacial score (nSPS) is 19.1. The molecule has 0 aromatic carbocycles. The highest BCUT2D eigenvalue weighted by Crippen LogP contribution is 2.25. The third kappa shape index (κ3) is 11.7. The maximum Gasteiger partial charge on any atom is 0.410 e. The van der Waals surface area contributed by atoms with Crippen molar-refractivity contribution < 1.29 is 28.6 Å². The molecule has 1 saturated heterocycles. The van der Waals surface area contributed by atoms with E-state index in [1.165, 1.54) is 4.90 Å². The van der Waals surface area contributed by atoms with Gasteiger partial charge in [0.2, 0.25) is 5.91 Å². The number of morpholine rings is 1. The fourth-order valence-electron chi connectivity index (χ4n) is 3.79. The molecule has 1 heterocycles. The Kier molecular flexibility index (Phi) is 13.0. The quantitative estimate of drug-likeness (QED) is 0.283. The van der Waals surface area contributed by atoms with Crippen molar-refractivity contribution in [1.29, 1.82) is 0 Å². The molecule has 3 amide bonds. The van der Waals surface area contributed by atoms with Gasteiger partial charge in [0.05, 0.1) is 19.8 Å². The van der Waals surface area contributed by atoms with Gasteiger partial charge in [0.15, 0.2) is 5.60 Å². The summed E-state index contributed by atoms with van der Waals surface area (Å²) in [7, 11) is 0. The standard InChI is InChI=1S/C26H45N3O6/c1-8-12-26(19-29(13-16-34-26)24(32)35-25(5,6)7)23(31)27-18-21(17-20(3)4)28-22(30)11-10-15-33-14-9-2/h8-9,20-21H,1-2,10-19H2,3-7H3,(H,27,31)(H,28,30). The Morgan fingerprint density at radius 3 is 2.51 bits per heavy atom. The molecule has 0 spiro atoms. The first-order chi connectivity index (χ1) is 16.4. The van der Waals surface area contributed by atoms with E-state index in [0.29, 0.717) is 44.9 Å². The van der Waals surface area contributed by atoms with Crippen LogP contribution in [0.15, 0.2) is 25.3 Å². The third-order valence-corrected chi connectivity index (χ3v) is 5.28. The second kappa shape index (κ2) is 14.9. The van der Waals surface area contributed by atoms with Crippen LogP contribution in [0.1, 0.15) is 60.3 Å². The molecule has 1 rings (SSSR count). The first-order valence-corrected chi connectivity index (χ1v) is 12.4. The Bertz CT molecular complexity index is 718. The van der Waals surface area contributed by atoms with Gasteiger partial charge in [-0.15, -0.1) is 13.2 Å². The summed E-state index contributed by atoms with van der Waals surface area (Å²) in [5.74, 6) is -0.103. The molecule has 200 valence electrons. The van der Waals surface area contributed by atoms with Crippen LogP contribution in [0.3, 0.4) is 0 Å². The van der Waals surface area contributed by atoms with Crippen molar-refractivity contribution >= 4 is 17.9 Å². The molecule has 35 heavy (non-hydrogen) atoms. The lowest BCUT2D eigenvalue weighted by atomic mass is 9.95. The number of carbonyl (C=O) groups excluding carboxylic acids is 3. The van der Waals surface area contributed by atoms with Crippen molar-refractivity contribution in [3.63, 3.8) is 0 Å². The lowest BCUT2D eigenvalue weighted by Crippen LogP contribution is -2.62. The van der Waals surface area contributed by atoms with Gasteiger partial charge in [0.25, 0.3) is 5.91 Å². The molecule has 2 N–H and O–H groups in total. The van der Waals surface area contributed by atoms with E-state index in [4.69, 9.17) is 14.2 Å². The molecule has 2 unspecified atom stereocenters. The van der Waals surface area contributed by atoms with Crippen LogP contribution in [-0.4, -0.2) is 79.5 Å². The molecule has 1 aliphatic rings. The summed E-state index contributed by atoms with van der Waals surface area (Å²) >= 11 is 0. The molecule has 0 aromatic rings. The highest BCUT2D eigenvalue weighted by atomic mass is 16.6. The van der Waals surface area contributed by atoms with Gasteiger partial charge >= 0.3 is 6.09 Å². The maximum atomic E-state index is 13.3. The summed E-state index contributed by atoms with van der Waals surface area (Å²) < 4.78 is 16.7. The molecule has 1 aliphatic heterocycles. The summed E-state index contributed by atoms with van der Waals surface area (Å²) in [5.41, 5.74) is -1.90. The Labute approximate surface area is 210 Å². The van der Waals surface area contributed by atoms with Gasteiger partial charge in [-0.1, -0.05) is 26.0 Å². The number of ether oxygens (including phenoxy) is 3. The van der Waals surface area contributed by atoms with E-state index in [-0.39, 0.29) is 44.0 Å². The monoisotopic (exact) mass is 495 g/mol. The second-order valence-corrected chi connectivity index (χ2v) is 10.3. The minimum absolute atomic E-state index is 0.0612. The zero-order chi connectivity index (χ0) is 26.5. The van der Waals surface area contributed by atoms with Crippen LogP contribution in [0.25, 0.3) is 0 Å². The highest BCUT2D eigenvalue weighted by molar-refractivity contribution is 5.87. The Morgan fingerprint density at radius 2 is 1.91 bits per heavy atom. The molecule has 0 bridgehead atoms. The van der Waals surface area contributed by atoms with Gasteiger partial charge in [-0.2, -0.15) is 0 Å². The van der Waals surface area contributed by atoms with Crippen molar-refractivity contribution in [2.24, 2.45) is 5.92 Å². The molecule has 0 aromatic heterocycles. The maximum absolute atomic E-state index is 13.3. The van der Waals surface area contributed by atoms with Crippen molar-refractivity contribution in [3.8, 4) is 0 Å². The summed E-state index contributed by atoms with van der Waals surface area (Å²) in [6, 6.07) is -0.230. The first kappa shape index (κ1) is 30.6. The molecule has 0 saturated carbocycles. The number of amides is 3. The number of nitrogens with zero attached hydrogens (tertiary/aromatic N) is 1. The molecule has 2 atom stereocenters. The SMILES string of the molecule is C=CCOCCCC(=O)NC(CNC(=O)C1(CC=C)CN(C(=O)OC(C)(C)C)CCO1)CC(C)C. The molecular weight excluding hydrogens is 450 g/mol. The highest BCUT2D eigenvalue weighted by Gasteiger charge is 2.45. The van der Waals surface area contributed by atoms with Crippen LogP contribution >= 0.6 is 0 Å². The van der Waals surface area contributed by atoms with E-state index >= 15 is 0 Å². The number of rotatable bonds is 14. The second-order valence-electron chi connectivity index (χ2n) is 10.3. The van der Waals surface area contributed by atoms with Crippen LogP contribution in [0.2, 0.25) is 0 Å². The zero-order valence-electron chi connectivity index (χ0n) is 22.2. The Balaban J connectivity index is 2.77. The van der Waals surface area contributed by atoms with Crippen molar-refractivity contribution in [3.05, 3.63) is 25.3 Å². The summed E-state index contributed by atoms with van der Waals surface area (Å²) in [5, 5.41) is 5.96. The number of nitrogens with one attached hydrogen (secondary N) is 2. The van der Waals surface area contributed by atoms with Crippen molar-refractivity contribution in [2.45, 2.75) is 77.5 Å². The molecule has 1 fully saturated rings. The molecule has 0 aliphatic carbocycles. The molecule has 9 heteroatoms. The fourth-order valence-corrected chi connectivity index (χ4v) is 3.79. The molecular formula is C26H45N3O6. The summed E-state index contributed by atoms with van der Waals surface area (Å²) in [6.45, 7) is 18.7. The topological polar surface area (TPSA) is 106 Å². The van der Waals surface area contributed by atoms with Crippen LogP contribution < -0.4 is 10.6 Å². The fraction of sp³-hybridized carbons (Fsp3) is 0.731. The van der Waals surface area contributed by atoms with Crippen LogP contribution in [0.5, 0.6) is 0 Å². The molecule has 0 radical (unpaired) electrons. The third-order valence-electron chi connectivity index (χ3n) is 5.28. The predicted molar refractivity (Wildman–Crippen MR) is 136 cm³/mol. The van der Waals surface area contributed by atoms with Crippen LogP contribution in [0, 0.1) is 5.92 Å². The number of carbonyl (C=O) groups is 3. The Hall–Kier alpha value is -2.39. The largest absolute Gasteiger partial charge is 0.444 e. The summed E-state index contributed by atoms with van der Waals surface area (Å²) in [4.78, 5) is 39.8. The predicted octanol–water partition coefficient (Wildman–Crippen LogP) is 3.20. The van der Waals surface area contributed by atoms with Crippen LogP contribution in [-0.2, 0) is 23.8 Å². The molecule has 9 nitrogen and oxygen atoms in total. The van der Waals surface area contributed by atoms with Gasteiger partial charge in [-0.05, 0) is 39.5 Å². The smallest absolute Gasteiger partial charge is 0.410 e. The average Bonchev–Trinajstić information content (AvgIpc) is 2.76. The van der Waals surface area contributed by atoms with Crippen molar-refractivity contribution in [2.75, 3.05) is 39.5 Å². The minimum Gasteiger partial charge on any atom is -0.444 e. The van der Waals surface area contributed by atoms with Gasteiger partial charge in [0, 0.05) is 38.6 Å². The van der Waals surface area contributed by atoms with Gasteiger partial charge < -0.3 is 29.7 Å².